The number of carbonyl (C=O) groups is 1. The molecule has 0 saturated heterocycles. The van der Waals surface area contributed by atoms with E-state index >= 15 is 0 Å². The predicted molar refractivity (Wildman–Crippen MR) is 82.9 cm³/mol. The maximum absolute atomic E-state index is 12.6. The van der Waals surface area contributed by atoms with Crippen molar-refractivity contribution in [3.05, 3.63) is 45.6 Å². The second-order valence-corrected chi connectivity index (χ2v) is 7.28. The number of nitrogens with zero attached hydrogens (tertiary/aromatic N) is 1. The van der Waals surface area contributed by atoms with Crippen LogP contribution in [0.3, 0.4) is 0 Å². The molecule has 0 unspecified atom stereocenters. The van der Waals surface area contributed by atoms with Gasteiger partial charge in [-0.2, -0.15) is 0 Å². The Bertz CT molecular complexity index is 753. The molecule has 0 atom stereocenters. The number of carboxylic acid groups (broad SMARTS) is 1. The summed E-state index contributed by atoms with van der Waals surface area (Å²) in [4.78, 5) is 11.2. The van der Waals surface area contributed by atoms with Crippen molar-refractivity contribution in [1.29, 1.82) is 0 Å². The van der Waals surface area contributed by atoms with Crippen LogP contribution in [0.5, 0.6) is 0 Å². The third kappa shape index (κ3) is 3.04. The molecule has 1 aromatic carbocycles. The van der Waals surface area contributed by atoms with Crippen LogP contribution in [-0.2, 0) is 10.0 Å². The lowest BCUT2D eigenvalue weighted by molar-refractivity contribution is 0.0703. The predicted octanol–water partition coefficient (Wildman–Crippen LogP) is 3.31. The van der Waals surface area contributed by atoms with Gasteiger partial charge in [-0.1, -0.05) is 11.6 Å². The first-order chi connectivity index (χ1) is 9.87. The Morgan fingerprint density at radius 2 is 1.90 bits per heavy atom. The van der Waals surface area contributed by atoms with E-state index in [1.54, 1.807) is 12.3 Å². The van der Waals surface area contributed by atoms with Crippen LogP contribution in [0.15, 0.2) is 40.6 Å². The topological polar surface area (TPSA) is 74.7 Å². The third-order valence-electron chi connectivity index (χ3n) is 2.80. The minimum atomic E-state index is -3.83. The molecule has 2 rings (SSSR count). The number of hydrogen-bond acceptors (Lipinski definition) is 4. The Kier molecular flexibility index (Phi) is 4.55. The van der Waals surface area contributed by atoms with E-state index in [1.165, 1.54) is 30.3 Å². The van der Waals surface area contributed by atoms with Crippen LogP contribution in [0.25, 0.3) is 0 Å². The number of halogens is 1. The number of carboxylic acids is 1. The van der Waals surface area contributed by atoms with Crippen molar-refractivity contribution in [3.63, 3.8) is 0 Å². The Morgan fingerprint density at radius 3 is 2.43 bits per heavy atom. The van der Waals surface area contributed by atoms with Crippen molar-refractivity contribution >= 4 is 44.6 Å². The molecule has 112 valence electrons. The highest BCUT2D eigenvalue weighted by molar-refractivity contribution is 7.92. The van der Waals surface area contributed by atoms with Gasteiger partial charge in [0.15, 0.2) is 0 Å². The molecule has 8 heteroatoms. The molecule has 0 bridgehead atoms. The molecule has 0 fully saturated rings. The molecule has 2 aromatic rings. The molecule has 0 aliphatic rings. The summed E-state index contributed by atoms with van der Waals surface area (Å²) >= 11 is 6.75. The van der Waals surface area contributed by atoms with E-state index in [-0.39, 0.29) is 22.0 Å². The largest absolute Gasteiger partial charge is 0.477 e. The smallest absolute Gasteiger partial charge is 0.348 e. The summed E-state index contributed by atoms with van der Waals surface area (Å²) in [6.07, 6.45) is 0. The van der Waals surface area contributed by atoms with Crippen LogP contribution in [0.1, 0.15) is 16.6 Å². The Balaban J connectivity index is 2.52. The second kappa shape index (κ2) is 6.05. The fourth-order valence-corrected chi connectivity index (χ4v) is 4.26. The fourth-order valence-electron chi connectivity index (χ4n) is 1.86. The van der Waals surface area contributed by atoms with Gasteiger partial charge in [-0.25, -0.2) is 13.2 Å². The average molecular weight is 346 g/mol. The van der Waals surface area contributed by atoms with Crippen LogP contribution < -0.4 is 4.31 Å². The highest BCUT2D eigenvalue weighted by Crippen LogP contribution is 2.31. The molecule has 0 amide bonds. The molecule has 0 aliphatic heterocycles. The van der Waals surface area contributed by atoms with Gasteiger partial charge in [0.2, 0.25) is 0 Å². The first kappa shape index (κ1) is 15.8. The number of anilines is 1. The lowest BCUT2D eigenvalue weighted by Crippen LogP contribution is -2.31. The number of benzene rings is 1. The van der Waals surface area contributed by atoms with Gasteiger partial charge >= 0.3 is 5.97 Å². The SMILES string of the molecule is CCN(c1ccsc1C(=O)O)S(=O)(=O)c1ccc(Cl)cc1. The summed E-state index contributed by atoms with van der Waals surface area (Å²) in [5, 5.41) is 11.1. The van der Waals surface area contributed by atoms with E-state index in [0.717, 1.165) is 15.6 Å². The maximum Gasteiger partial charge on any atom is 0.348 e. The Morgan fingerprint density at radius 1 is 1.29 bits per heavy atom. The summed E-state index contributed by atoms with van der Waals surface area (Å²) in [5.41, 5.74) is 0.171. The summed E-state index contributed by atoms with van der Waals surface area (Å²) in [6.45, 7) is 1.78. The molecule has 5 nitrogen and oxygen atoms in total. The van der Waals surface area contributed by atoms with Crippen LogP contribution in [0.4, 0.5) is 5.69 Å². The molecule has 0 radical (unpaired) electrons. The van der Waals surface area contributed by atoms with Gasteiger partial charge in [-0.3, -0.25) is 4.31 Å². The average Bonchev–Trinajstić information content (AvgIpc) is 2.89. The van der Waals surface area contributed by atoms with Gasteiger partial charge in [-0.05, 0) is 42.6 Å². The van der Waals surface area contributed by atoms with E-state index in [0.29, 0.717) is 5.02 Å². The summed E-state index contributed by atoms with van der Waals surface area (Å²) in [6, 6.07) is 7.24. The van der Waals surface area contributed by atoms with Crippen molar-refractivity contribution in [2.75, 3.05) is 10.8 Å². The zero-order chi connectivity index (χ0) is 15.6. The zero-order valence-electron chi connectivity index (χ0n) is 11.0. The number of hydrogen-bond donors (Lipinski definition) is 1. The normalized spacial score (nSPS) is 11.3. The lowest BCUT2D eigenvalue weighted by Gasteiger charge is -2.22. The van der Waals surface area contributed by atoms with Gasteiger partial charge < -0.3 is 5.11 Å². The Labute approximate surface area is 131 Å². The molecular formula is C13H12ClNO4S2. The maximum atomic E-state index is 12.6. The van der Waals surface area contributed by atoms with Crippen molar-refractivity contribution in [2.45, 2.75) is 11.8 Å². The molecule has 21 heavy (non-hydrogen) atoms. The third-order valence-corrected chi connectivity index (χ3v) is 5.84. The van der Waals surface area contributed by atoms with Crippen molar-refractivity contribution in [1.82, 2.24) is 0 Å². The van der Waals surface area contributed by atoms with Crippen LogP contribution >= 0.6 is 22.9 Å². The first-order valence-corrected chi connectivity index (χ1v) is 8.66. The van der Waals surface area contributed by atoms with Crippen LogP contribution in [0, 0.1) is 0 Å². The van der Waals surface area contributed by atoms with Gasteiger partial charge in [-0.15, -0.1) is 11.3 Å². The minimum absolute atomic E-state index is 0.00520. The molecule has 1 heterocycles. The van der Waals surface area contributed by atoms with E-state index in [1.807, 2.05) is 0 Å². The van der Waals surface area contributed by atoms with Crippen LogP contribution in [-0.4, -0.2) is 26.0 Å². The van der Waals surface area contributed by atoms with E-state index in [4.69, 9.17) is 16.7 Å². The number of sulfonamides is 1. The fraction of sp³-hybridized carbons (Fsp3) is 0.154. The number of rotatable bonds is 5. The van der Waals surface area contributed by atoms with Gasteiger partial charge in [0, 0.05) is 11.6 Å². The van der Waals surface area contributed by atoms with E-state index in [9.17, 15) is 13.2 Å². The van der Waals surface area contributed by atoms with Gasteiger partial charge in [0.25, 0.3) is 10.0 Å². The van der Waals surface area contributed by atoms with Crippen LogP contribution in [0.2, 0.25) is 5.02 Å². The minimum Gasteiger partial charge on any atom is -0.477 e. The van der Waals surface area contributed by atoms with Crippen molar-refractivity contribution in [3.8, 4) is 0 Å². The summed E-state index contributed by atoms with van der Waals surface area (Å²) in [7, 11) is -3.83. The lowest BCUT2D eigenvalue weighted by atomic mass is 10.4. The van der Waals surface area contributed by atoms with Crippen molar-refractivity contribution in [2.24, 2.45) is 0 Å². The molecule has 1 N–H and O–H groups in total. The monoisotopic (exact) mass is 345 g/mol. The van der Waals surface area contributed by atoms with Crippen molar-refractivity contribution < 1.29 is 18.3 Å². The van der Waals surface area contributed by atoms with Gasteiger partial charge in [0.05, 0.1) is 10.6 Å². The summed E-state index contributed by atoms with van der Waals surface area (Å²) in [5.74, 6) is -1.15. The highest BCUT2D eigenvalue weighted by atomic mass is 35.5. The molecule has 0 aliphatic carbocycles. The van der Waals surface area contributed by atoms with Gasteiger partial charge in [0.1, 0.15) is 4.88 Å². The quantitative estimate of drug-likeness (QED) is 0.902. The van der Waals surface area contributed by atoms with E-state index < -0.39 is 16.0 Å². The van der Waals surface area contributed by atoms with E-state index in [2.05, 4.69) is 0 Å². The Hall–Kier alpha value is -1.57. The number of thiophene rings is 1. The first-order valence-electron chi connectivity index (χ1n) is 5.97. The molecular weight excluding hydrogens is 334 g/mol. The number of aromatic carboxylic acids is 1. The summed E-state index contributed by atoms with van der Waals surface area (Å²) < 4.78 is 26.4. The molecule has 0 spiro atoms. The molecule has 1 aromatic heterocycles. The zero-order valence-corrected chi connectivity index (χ0v) is 13.4. The second-order valence-electron chi connectivity index (χ2n) is 4.06. The highest BCUT2D eigenvalue weighted by Gasteiger charge is 2.27. The standard InChI is InChI=1S/C13H12ClNO4S2/c1-2-15(11-7-8-20-12(11)13(16)17)21(18,19)10-5-3-9(14)4-6-10/h3-8H,2H2,1H3,(H,16,17). The molecule has 0 saturated carbocycles.